The Hall–Kier alpha value is -1.70. The summed E-state index contributed by atoms with van der Waals surface area (Å²) in [5.41, 5.74) is 2.79. The summed E-state index contributed by atoms with van der Waals surface area (Å²) in [7, 11) is 0. The molecule has 0 aromatic rings. The second kappa shape index (κ2) is 7.67. The van der Waals surface area contributed by atoms with Crippen LogP contribution in [0.5, 0.6) is 0 Å². The largest absolute Gasteiger partial charge is 0.270 e. The van der Waals surface area contributed by atoms with Crippen molar-refractivity contribution in [1.29, 1.82) is 0 Å². The molecule has 0 saturated carbocycles. The minimum absolute atomic E-state index is 0.0170. The molecule has 0 atom stereocenters. The monoisotopic (exact) mass is 264 g/mol. The second-order valence-corrected chi connectivity index (χ2v) is 4.44. The van der Waals surface area contributed by atoms with Gasteiger partial charge in [-0.2, -0.15) is 0 Å². The standard InChI is InChI=1S/C17H22F2/c1-7-14(4)15(5)11-9-13(3)10-12-16(8-2)17(6,18)19/h7-12H,1,3H2,2,4-6H3/b11-9-,12-10-,15-14-,16-8+. The summed E-state index contributed by atoms with van der Waals surface area (Å²) >= 11 is 0. The summed E-state index contributed by atoms with van der Waals surface area (Å²) in [6.07, 6.45) is 9.84. The lowest BCUT2D eigenvalue weighted by Crippen LogP contribution is -2.11. The molecule has 0 saturated heterocycles. The van der Waals surface area contributed by atoms with Crippen molar-refractivity contribution in [3.63, 3.8) is 0 Å². The van der Waals surface area contributed by atoms with Crippen molar-refractivity contribution < 1.29 is 8.78 Å². The van der Waals surface area contributed by atoms with Gasteiger partial charge in [0.2, 0.25) is 0 Å². The van der Waals surface area contributed by atoms with Crippen molar-refractivity contribution in [3.05, 3.63) is 71.9 Å². The molecule has 0 aliphatic heterocycles. The van der Waals surface area contributed by atoms with Gasteiger partial charge in [0.1, 0.15) is 0 Å². The molecule has 0 unspecified atom stereocenters. The molecule has 0 rings (SSSR count). The summed E-state index contributed by atoms with van der Waals surface area (Å²) < 4.78 is 26.2. The van der Waals surface area contributed by atoms with Gasteiger partial charge in [0.05, 0.1) is 0 Å². The molecule has 0 aromatic heterocycles. The van der Waals surface area contributed by atoms with Crippen molar-refractivity contribution in [1.82, 2.24) is 0 Å². The Kier molecular flexibility index (Phi) is 6.99. The third kappa shape index (κ3) is 6.70. The minimum Gasteiger partial charge on any atom is -0.202 e. The molecule has 0 heterocycles. The summed E-state index contributed by atoms with van der Waals surface area (Å²) in [5, 5.41) is 0. The fourth-order valence-electron chi connectivity index (χ4n) is 1.27. The third-order valence-corrected chi connectivity index (χ3v) is 2.77. The lowest BCUT2D eigenvalue weighted by molar-refractivity contribution is 0.0673. The first-order chi connectivity index (χ1) is 8.72. The zero-order chi connectivity index (χ0) is 15.1. The maximum Gasteiger partial charge on any atom is 0.270 e. The molecule has 0 spiro atoms. The van der Waals surface area contributed by atoms with Crippen LogP contribution in [0.15, 0.2) is 71.9 Å². The van der Waals surface area contributed by atoms with Crippen LogP contribution in [0.25, 0.3) is 0 Å². The molecule has 0 radical (unpaired) electrons. The van der Waals surface area contributed by atoms with Crippen molar-refractivity contribution in [2.75, 3.05) is 0 Å². The second-order valence-electron chi connectivity index (χ2n) is 4.44. The van der Waals surface area contributed by atoms with Crippen LogP contribution >= 0.6 is 0 Å². The number of hydrogen-bond donors (Lipinski definition) is 0. The lowest BCUT2D eigenvalue weighted by Gasteiger charge is -2.10. The molecule has 0 nitrogen and oxygen atoms in total. The average Bonchev–Trinajstić information content (AvgIpc) is 2.33. The van der Waals surface area contributed by atoms with Gasteiger partial charge in [0.15, 0.2) is 0 Å². The molecule has 19 heavy (non-hydrogen) atoms. The zero-order valence-electron chi connectivity index (χ0n) is 12.1. The normalized spacial score (nSPS) is 14.9. The number of alkyl halides is 2. The average molecular weight is 264 g/mol. The van der Waals surface area contributed by atoms with Gasteiger partial charge in [0, 0.05) is 12.5 Å². The van der Waals surface area contributed by atoms with Crippen LogP contribution in [-0.2, 0) is 0 Å². The highest BCUT2D eigenvalue weighted by Crippen LogP contribution is 2.24. The fourth-order valence-corrected chi connectivity index (χ4v) is 1.27. The van der Waals surface area contributed by atoms with Crippen LogP contribution in [0, 0.1) is 0 Å². The molecule has 0 bridgehead atoms. The quantitative estimate of drug-likeness (QED) is 0.533. The molecular weight excluding hydrogens is 242 g/mol. The van der Waals surface area contributed by atoms with Crippen molar-refractivity contribution in [3.8, 4) is 0 Å². The Bertz CT molecular complexity index is 452. The van der Waals surface area contributed by atoms with Gasteiger partial charge in [0.25, 0.3) is 5.92 Å². The van der Waals surface area contributed by atoms with Crippen molar-refractivity contribution >= 4 is 0 Å². The maximum atomic E-state index is 13.1. The van der Waals surface area contributed by atoms with Crippen LogP contribution in [0.1, 0.15) is 27.7 Å². The van der Waals surface area contributed by atoms with Gasteiger partial charge >= 0.3 is 0 Å². The van der Waals surface area contributed by atoms with Gasteiger partial charge in [-0.15, -0.1) is 0 Å². The fraction of sp³-hybridized carbons (Fsp3) is 0.294. The summed E-state index contributed by atoms with van der Waals surface area (Å²) in [4.78, 5) is 0. The van der Waals surface area contributed by atoms with Gasteiger partial charge < -0.3 is 0 Å². The van der Waals surface area contributed by atoms with Crippen molar-refractivity contribution in [2.45, 2.75) is 33.6 Å². The lowest BCUT2D eigenvalue weighted by atomic mass is 10.1. The van der Waals surface area contributed by atoms with Crippen molar-refractivity contribution in [2.24, 2.45) is 0 Å². The highest BCUT2D eigenvalue weighted by molar-refractivity contribution is 5.38. The Morgan fingerprint density at radius 2 is 1.53 bits per heavy atom. The Morgan fingerprint density at radius 3 is 1.95 bits per heavy atom. The highest BCUT2D eigenvalue weighted by atomic mass is 19.3. The van der Waals surface area contributed by atoms with Gasteiger partial charge in [-0.05, 0) is 37.5 Å². The van der Waals surface area contributed by atoms with E-state index in [1.165, 1.54) is 12.2 Å². The molecule has 0 N–H and O–H groups in total. The Morgan fingerprint density at radius 1 is 1.00 bits per heavy atom. The van der Waals surface area contributed by atoms with E-state index in [4.69, 9.17) is 0 Å². The van der Waals surface area contributed by atoms with Crippen LogP contribution in [0.3, 0.4) is 0 Å². The number of halogens is 2. The van der Waals surface area contributed by atoms with E-state index in [0.29, 0.717) is 5.57 Å². The number of allylic oxidation sites excluding steroid dienone is 10. The summed E-state index contributed by atoms with van der Waals surface area (Å²) in [6, 6.07) is 0. The molecule has 0 fully saturated rings. The van der Waals surface area contributed by atoms with E-state index in [2.05, 4.69) is 13.2 Å². The van der Waals surface area contributed by atoms with E-state index in [1.807, 2.05) is 19.9 Å². The summed E-state index contributed by atoms with van der Waals surface area (Å²) in [6.45, 7) is 13.9. The Labute approximate surface area is 115 Å². The predicted octanol–water partition coefficient (Wildman–Crippen LogP) is 5.78. The van der Waals surface area contributed by atoms with E-state index in [0.717, 1.165) is 18.1 Å². The molecule has 0 amide bonds. The third-order valence-electron chi connectivity index (χ3n) is 2.77. The van der Waals surface area contributed by atoms with E-state index < -0.39 is 5.92 Å². The van der Waals surface area contributed by atoms with Gasteiger partial charge in [-0.1, -0.05) is 49.6 Å². The highest BCUT2D eigenvalue weighted by Gasteiger charge is 2.24. The molecule has 2 heteroatoms. The van der Waals surface area contributed by atoms with Crippen LogP contribution in [0.2, 0.25) is 0 Å². The van der Waals surface area contributed by atoms with E-state index in [9.17, 15) is 8.78 Å². The van der Waals surface area contributed by atoms with E-state index >= 15 is 0 Å². The molecule has 0 aromatic carbocycles. The predicted molar refractivity (Wildman–Crippen MR) is 80.4 cm³/mol. The SMILES string of the molecule is C=C/C(C)=C(C)\C=C/C(=C)/C=C\C(=C/C)C(C)(F)F. The first kappa shape index (κ1) is 17.3. The maximum absolute atomic E-state index is 13.1. The first-order valence-electron chi connectivity index (χ1n) is 6.12. The minimum atomic E-state index is -2.83. The van der Waals surface area contributed by atoms with Gasteiger partial charge in [-0.3, -0.25) is 0 Å². The zero-order valence-corrected chi connectivity index (χ0v) is 12.1. The van der Waals surface area contributed by atoms with E-state index in [-0.39, 0.29) is 5.57 Å². The Balaban J connectivity index is 4.83. The molecule has 0 aliphatic carbocycles. The topological polar surface area (TPSA) is 0 Å². The van der Waals surface area contributed by atoms with Crippen LogP contribution < -0.4 is 0 Å². The van der Waals surface area contributed by atoms with Crippen LogP contribution in [-0.4, -0.2) is 5.92 Å². The smallest absolute Gasteiger partial charge is 0.202 e. The number of rotatable bonds is 6. The number of hydrogen-bond acceptors (Lipinski definition) is 0. The van der Waals surface area contributed by atoms with E-state index in [1.54, 1.807) is 25.2 Å². The summed E-state index contributed by atoms with van der Waals surface area (Å²) in [5.74, 6) is -2.83. The van der Waals surface area contributed by atoms with Gasteiger partial charge in [-0.25, -0.2) is 8.78 Å². The van der Waals surface area contributed by atoms with Crippen LogP contribution in [0.4, 0.5) is 8.78 Å². The molecule has 104 valence electrons. The first-order valence-corrected chi connectivity index (χ1v) is 6.12. The molecular formula is C17H22F2. The molecule has 0 aliphatic rings.